The lowest BCUT2D eigenvalue weighted by atomic mass is 10.0. The fourth-order valence-corrected chi connectivity index (χ4v) is 3.70. The highest BCUT2D eigenvalue weighted by Crippen LogP contribution is 2.20. The van der Waals surface area contributed by atoms with Crippen LogP contribution in [0.25, 0.3) is 0 Å². The van der Waals surface area contributed by atoms with Gasteiger partial charge in [-0.3, -0.25) is 0 Å². The number of benzene rings is 1. The minimum absolute atomic E-state index is 0.473. The molecule has 3 heteroatoms. The lowest BCUT2D eigenvalue weighted by Crippen LogP contribution is -2.42. The zero-order valence-corrected chi connectivity index (χ0v) is 13.3. The first-order valence-electron chi connectivity index (χ1n) is 8.53. The molecule has 0 saturated carbocycles. The van der Waals surface area contributed by atoms with Crippen molar-refractivity contribution in [3.63, 3.8) is 0 Å². The van der Waals surface area contributed by atoms with Gasteiger partial charge in [-0.2, -0.15) is 0 Å². The van der Waals surface area contributed by atoms with Crippen molar-refractivity contribution in [3.8, 4) is 0 Å². The molecule has 2 saturated heterocycles. The molecule has 1 aromatic rings. The van der Waals surface area contributed by atoms with Crippen LogP contribution in [0.4, 0.5) is 0 Å². The SMILES string of the molecule is CN1CC[C@H](N[C@H](CN2CCCCC2)c2ccccc2)C1. The number of likely N-dealkylation sites (N-methyl/N-ethyl adjacent to an activating group) is 1. The van der Waals surface area contributed by atoms with Gasteiger partial charge in [-0.1, -0.05) is 36.8 Å². The Kier molecular flexibility index (Phi) is 5.28. The molecule has 2 fully saturated rings. The number of likely N-dealkylation sites (tertiary alicyclic amines) is 2. The molecular weight excluding hydrogens is 258 g/mol. The van der Waals surface area contributed by atoms with Gasteiger partial charge in [0.15, 0.2) is 0 Å². The summed E-state index contributed by atoms with van der Waals surface area (Å²) >= 11 is 0. The lowest BCUT2D eigenvalue weighted by Gasteiger charge is -2.32. The molecule has 2 aliphatic rings. The number of rotatable bonds is 5. The third-order valence-corrected chi connectivity index (χ3v) is 4.92. The van der Waals surface area contributed by atoms with Gasteiger partial charge in [-0.25, -0.2) is 0 Å². The minimum atomic E-state index is 0.473. The predicted molar refractivity (Wildman–Crippen MR) is 88.5 cm³/mol. The summed E-state index contributed by atoms with van der Waals surface area (Å²) in [7, 11) is 2.23. The van der Waals surface area contributed by atoms with Gasteiger partial charge >= 0.3 is 0 Å². The molecule has 3 nitrogen and oxygen atoms in total. The van der Waals surface area contributed by atoms with Crippen LogP contribution in [0.3, 0.4) is 0 Å². The third kappa shape index (κ3) is 4.29. The van der Waals surface area contributed by atoms with Crippen LogP contribution in [-0.4, -0.2) is 55.6 Å². The molecule has 0 spiro atoms. The van der Waals surface area contributed by atoms with Crippen LogP contribution in [0.5, 0.6) is 0 Å². The van der Waals surface area contributed by atoms with E-state index in [4.69, 9.17) is 0 Å². The highest BCUT2D eigenvalue weighted by molar-refractivity contribution is 5.19. The Morgan fingerprint density at radius 3 is 2.52 bits per heavy atom. The third-order valence-electron chi connectivity index (χ3n) is 4.92. The Balaban J connectivity index is 1.65. The van der Waals surface area contributed by atoms with E-state index in [2.05, 4.69) is 52.5 Å². The fraction of sp³-hybridized carbons (Fsp3) is 0.667. The van der Waals surface area contributed by atoms with Gasteiger partial charge in [0, 0.05) is 25.2 Å². The van der Waals surface area contributed by atoms with Gasteiger partial charge in [-0.05, 0) is 51.5 Å². The molecule has 2 atom stereocenters. The number of nitrogens with one attached hydrogen (secondary N) is 1. The molecule has 1 aromatic carbocycles. The van der Waals surface area contributed by atoms with Crippen molar-refractivity contribution in [3.05, 3.63) is 35.9 Å². The predicted octanol–water partition coefficient (Wildman–Crippen LogP) is 2.51. The summed E-state index contributed by atoms with van der Waals surface area (Å²) < 4.78 is 0. The number of hydrogen-bond donors (Lipinski definition) is 1. The fourth-order valence-electron chi connectivity index (χ4n) is 3.70. The van der Waals surface area contributed by atoms with Crippen molar-refractivity contribution in [1.82, 2.24) is 15.1 Å². The summed E-state index contributed by atoms with van der Waals surface area (Å²) in [5.41, 5.74) is 1.44. The Hall–Kier alpha value is -0.900. The monoisotopic (exact) mass is 287 g/mol. The van der Waals surface area contributed by atoms with Crippen molar-refractivity contribution in [1.29, 1.82) is 0 Å². The van der Waals surface area contributed by atoms with Crippen LogP contribution < -0.4 is 5.32 Å². The molecular formula is C18H29N3. The number of piperidine rings is 1. The molecule has 3 rings (SSSR count). The first-order valence-corrected chi connectivity index (χ1v) is 8.53. The van der Waals surface area contributed by atoms with E-state index in [1.54, 1.807) is 0 Å². The van der Waals surface area contributed by atoms with Gasteiger partial charge in [0.25, 0.3) is 0 Å². The maximum Gasteiger partial charge on any atom is 0.0451 e. The standard InChI is InChI=1S/C18H29N3/c1-20-13-10-17(14-20)19-18(16-8-4-2-5-9-16)15-21-11-6-3-7-12-21/h2,4-5,8-9,17-19H,3,6-7,10-15H2,1H3/t17-,18+/m0/s1. The summed E-state index contributed by atoms with van der Waals surface area (Å²) in [5.74, 6) is 0. The molecule has 1 N–H and O–H groups in total. The summed E-state index contributed by atoms with van der Waals surface area (Å²) in [6, 6.07) is 12.1. The number of hydrogen-bond acceptors (Lipinski definition) is 3. The summed E-state index contributed by atoms with van der Waals surface area (Å²) in [6.45, 7) is 6.11. The molecule has 0 bridgehead atoms. The topological polar surface area (TPSA) is 18.5 Å². The van der Waals surface area contributed by atoms with E-state index in [0.29, 0.717) is 12.1 Å². The van der Waals surface area contributed by atoms with Gasteiger partial charge in [0.05, 0.1) is 0 Å². The molecule has 21 heavy (non-hydrogen) atoms. The van der Waals surface area contributed by atoms with E-state index < -0.39 is 0 Å². The van der Waals surface area contributed by atoms with Gasteiger partial charge in [0.1, 0.15) is 0 Å². The van der Waals surface area contributed by atoms with E-state index >= 15 is 0 Å². The molecule has 116 valence electrons. The maximum atomic E-state index is 3.93. The quantitative estimate of drug-likeness (QED) is 0.898. The van der Waals surface area contributed by atoms with Crippen LogP contribution in [-0.2, 0) is 0 Å². The van der Waals surface area contributed by atoms with Crippen molar-refractivity contribution >= 4 is 0 Å². The Morgan fingerprint density at radius 2 is 1.86 bits per heavy atom. The smallest absolute Gasteiger partial charge is 0.0451 e. The van der Waals surface area contributed by atoms with E-state index in [9.17, 15) is 0 Å². The normalized spacial score (nSPS) is 26.0. The zero-order valence-electron chi connectivity index (χ0n) is 13.3. The van der Waals surface area contributed by atoms with Crippen LogP contribution in [0.1, 0.15) is 37.3 Å². The van der Waals surface area contributed by atoms with E-state index in [1.165, 1.54) is 57.4 Å². The zero-order chi connectivity index (χ0) is 14.5. The van der Waals surface area contributed by atoms with E-state index in [-0.39, 0.29) is 0 Å². The van der Waals surface area contributed by atoms with Gasteiger partial charge in [0.2, 0.25) is 0 Å². The van der Waals surface area contributed by atoms with Gasteiger partial charge < -0.3 is 15.1 Å². The van der Waals surface area contributed by atoms with Crippen LogP contribution in [0.2, 0.25) is 0 Å². The molecule has 0 aromatic heterocycles. The van der Waals surface area contributed by atoms with Crippen molar-refractivity contribution < 1.29 is 0 Å². The highest BCUT2D eigenvalue weighted by Gasteiger charge is 2.24. The Bertz CT molecular complexity index is 407. The molecule has 0 amide bonds. The molecule has 2 aliphatic heterocycles. The van der Waals surface area contributed by atoms with Crippen molar-refractivity contribution in [2.75, 3.05) is 39.8 Å². The van der Waals surface area contributed by atoms with Crippen LogP contribution in [0, 0.1) is 0 Å². The molecule has 0 aliphatic carbocycles. The number of nitrogens with zero attached hydrogens (tertiary/aromatic N) is 2. The maximum absolute atomic E-state index is 3.93. The molecule has 2 heterocycles. The summed E-state index contributed by atoms with van der Waals surface area (Å²) in [4.78, 5) is 5.08. The second-order valence-electron chi connectivity index (χ2n) is 6.74. The summed E-state index contributed by atoms with van der Waals surface area (Å²) in [6.07, 6.45) is 5.43. The first-order chi connectivity index (χ1) is 10.3. The van der Waals surface area contributed by atoms with Crippen LogP contribution >= 0.6 is 0 Å². The van der Waals surface area contributed by atoms with Gasteiger partial charge in [-0.15, -0.1) is 0 Å². The second kappa shape index (κ2) is 7.39. The van der Waals surface area contributed by atoms with Crippen molar-refractivity contribution in [2.24, 2.45) is 0 Å². The van der Waals surface area contributed by atoms with Crippen molar-refractivity contribution in [2.45, 2.75) is 37.8 Å². The minimum Gasteiger partial charge on any atom is -0.305 e. The highest BCUT2D eigenvalue weighted by atomic mass is 15.2. The second-order valence-corrected chi connectivity index (χ2v) is 6.74. The molecule has 0 unspecified atom stereocenters. The Morgan fingerprint density at radius 1 is 1.10 bits per heavy atom. The van der Waals surface area contributed by atoms with E-state index in [1.807, 2.05) is 0 Å². The summed E-state index contributed by atoms with van der Waals surface area (Å²) in [5, 5.41) is 3.93. The Labute approximate surface area is 129 Å². The molecule has 0 radical (unpaired) electrons. The van der Waals surface area contributed by atoms with E-state index in [0.717, 1.165) is 6.54 Å². The first kappa shape index (κ1) is 15.0. The average molecular weight is 287 g/mol. The lowest BCUT2D eigenvalue weighted by molar-refractivity contribution is 0.199. The van der Waals surface area contributed by atoms with Crippen LogP contribution in [0.15, 0.2) is 30.3 Å². The average Bonchev–Trinajstić information content (AvgIpc) is 2.94. The largest absolute Gasteiger partial charge is 0.305 e.